The molecule has 2 aromatic carbocycles. The van der Waals surface area contributed by atoms with Crippen LogP contribution >= 0.6 is 0 Å². The Morgan fingerprint density at radius 2 is 1.62 bits per heavy atom. The molecule has 1 fully saturated rings. The van der Waals surface area contributed by atoms with Gasteiger partial charge in [-0.15, -0.1) is 0 Å². The molecule has 2 unspecified atom stereocenters. The predicted octanol–water partition coefficient (Wildman–Crippen LogP) is 2.31. The second kappa shape index (κ2) is 6.54. The highest BCUT2D eigenvalue weighted by Crippen LogP contribution is 2.23. The van der Waals surface area contributed by atoms with Crippen LogP contribution in [0.4, 0.5) is 10.5 Å². The van der Waals surface area contributed by atoms with Gasteiger partial charge in [0.25, 0.3) is 5.91 Å². The minimum Gasteiger partial charge on any atom is -0.324 e. The van der Waals surface area contributed by atoms with Crippen molar-refractivity contribution >= 4 is 23.5 Å². The Hall–Kier alpha value is -3.15. The summed E-state index contributed by atoms with van der Waals surface area (Å²) < 4.78 is 0. The van der Waals surface area contributed by atoms with Crippen LogP contribution in [0.3, 0.4) is 0 Å². The summed E-state index contributed by atoms with van der Waals surface area (Å²) in [7, 11) is 0. The largest absolute Gasteiger partial charge is 0.325 e. The van der Waals surface area contributed by atoms with Crippen molar-refractivity contribution in [2.24, 2.45) is 0 Å². The van der Waals surface area contributed by atoms with Crippen molar-refractivity contribution in [3.05, 3.63) is 66.2 Å². The second-order valence-corrected chi connectivity index (χ2v) is 5.53. The number of nitrogens with one attached hydrogen (secondary N) is 2. The standard InChI is InChI=1S/C18H17N3O3/c1-12(16(22)19-14-10-6-3-7-11-14)21-17(23)15(20-18(21)24)13-8-4-2-5-9-13/h2-12,15H,1H3,(H,19,22)(H,20,24). The summed E-state index contributed by atoms with van der Waals surface area (Å²) in [6.07, 6.45) is 0. The predicted molar refractivity (Wildman–Crippen MR) is 89.1 cm³/mol. The van der Waals surface area contributed by atoms with Crippen molar-refractivity contribution in [3.8, 4) is 0 Å². The molecule has 2 aromatic rings. The maximum absolute atomic E-state index is 12.6. The summed E-state index contributed by atoms with van der Waals surface area (Å²) in [6, 6.07) is 15.6. The summed E-state index contributed by atoms with van der Waals surface area (Å²) in [5, 5.41) is 5.33. The smallest absolute Gasteiger partial charge is 0.324 e. The van der Waals surface area contributed by atoms with E-state index < -0.39 is 29.9 Å². The lowest BCUT2D eigenvalue weighted by molar-refractivity contribution is -0.133. The number of nitrogens with zero attached hydrogens (tertiary/aromatic N) is 1. The maximum atomic E-state index is 12.6. The second-order valence-electron chi connectivity index (χ2n) is 5.53. The fraction of sp³-hybridized carbons (Fsp3) is 0.167. The van der Waals surface area contributed by atoms with Crippen LogP contribution in [0.1, 0.15) is 18.5 Å². The van der Waals surface area contributed by atoms with Gasteiger partial charge in [0.2, 0.25) is 5.91 Å². The van der Waals surface area contributed by atoms with Gasteiger partial charge in [-0.25, -0.2) is 9.69 Å². The van der Waals surface area contributed by atoms with Gasteiger partial charge in [0.1, 0.15) is 12.1 Å². The molecule has 122 valence electrons. The lowest BCUT2D eigenvalue weighted by atomic mass is 10.1. The molecule has 0 radical (unpaired) electrons. The van der Waals surface area contributed by atoms with E-state index in [0.29, 0.717) is 11.3 Å². The van der Waals surface area contributed by atoms with Crippen molar-refractivity contribution in [3.63, 3.8) is 0 Å². The fourth-order valence-corrected chi connectivity index (χ4v) is 2.62. The van der Waals surface area contributed by atoms with Crippen molar-refractivity contribution in [2.75, 3.05) is 5.32 Å². The molecule has 2 N–H and O–H groups in total. The zero-order valence-corrected chi connectivity index (χ0v) is 13.1. The normalized spacial score (nSPS) is 18.2. The van der Waals surface area contributed by atoms with Gasteiger partial charge >= 0.3 is 6.03 Å². The van der Waals surface area contributed by atoms with Crippen molar-refractivity contribution in [1.82, 2.24) is 10.2 Å². The quantitative estimate of drug-likeness (QED) is 0.848. The lowest BCUT2D eigenvalue weighted by Crippen LogP contribution is -2.45. The maximum Gasteiger partial charge on any atom is 0.325 e. The average molecular weight is 323 g/mol. The van der Waals surface area contributed by atoms with E-state index in [1.54, 1.807) is 48.5 Å². The van der Waals surface area contributed by atoms with Gasteiger partial charge in [0.15, 0.2) is 0 Å². The van der Waals surface area contributed by atoms with Gasteiger partial charge in [-0.1, -0.05) is 48.5 Å². The van der Waals surface area contributed by atoms with Crippen molar-refractivity contribution in [1.29, 1.82) is 0 Å². The minimum atomic E-state index is -0.911. The molecule has 0 spiro atoms. The summed E-state index contributed by atoms with van der Waals surface area (Å²) in [4.78, 5) is 38.1. The number of amides is 4. The molecule has 4 amide bonds. The van der Waals surface area contributed by atoms with Gasteiger partial charge in [0.05, 0.1) is 0 Å². The summed E-state index contributed by atoms with van der Waals surface area (Å²) >= 11 is 0. The zero-order valence-electron chi connectivity index (χ0n) is 13.1. The zero-order chi connectivity index (χ0) is 17.1. The number of benzene rings is 2. The third kappa shape index (κ3) is 2.99. The van der Waals surface area contributed by atoms with Crippen molar-refractivity contribution in [2.45, 2.75) is 19.0 Å². The molecule has 0 aromatic heterocycles. The highest BCUT2D eigenvalue weighted by molar-refractivity contribution is 6.09. The Bertz CT molecular complexity index is 762. The third-order valence-electron chi connectivity index (χ3n) is 3.91. The number of para-hydroxylation sites is 1. The monoisotopic (exact) mass is 323 g/mol. The Balaban J connectivity index is 1.75. The Labute approximate surface area is 139 Å². The van der Waals surface area contributed by atoms with Crippen LogP contribution in [0.25, 0.3) is 0 Å². The SMILES string of the molecule is CC(C(=O)Nc1ccccc1)N1C(=O)NC(c2ccccc2)C1=O. The van der Waals surface area contributed by atoms with Gasteiger partial charge in [-0.2, -0.15) is 0 Å². The van der Waals surface area contributed by atoms with Gasteiger partial charge in [-0.05, 0) is 24.6 Å². The summed E-state index contributed by atoms with van der Waals surface area (Å²) in [6.45, 7) is 1.53. The molecular weight excluding hydrogens is 306 g/mol. The number of carbonyl (C=O) groups is 3. The van der Waals surface area contributed by atoms with E-state index in [2.05, 4.69) is 10.6 Å². The molecule has 1 aliphatic rings. The van der Waals surface area contributed by atoms with E-state index >= 15 is 0 Å². The van der Waals surface area contributed by atoms with E-state index in [0.717, 1.165) is 4.90 Å². The first-order valence-corrected chi connectivity index (χ1v) is 7.62. The van der Waals surface area contributed by atoms with Gasteiger partial charge < -0.3 is 10.6 Å². The number of anilines is 1. The van der Waals surface area contributed by atoms with E-state index in [-0.39, 0.29) is 0 Å². The first-order valence-electron chi connectivity index (χ1n) is 7.62. The number of hydrogen-bond acceptors (Lipinski definition) is 3. The molecule has 2 atom stereocenters. The van der Waals surface area contributed by atoms with E-state index in [1.165, 1.54) is 6.92 Å². The summed E-state index contributed by atoms with van der Waals surface area (Å²) in [5.74, 6) is -0.847. The van der Waals surface area contributed by atoms with Crippen molar-refractivity contribution < 1.29 is 14.4 Å². The molecule has 1 heterocycles. The van der Waals surface area contributed by atoms with Crippen LogP contribution in [0.2, 0.25) is 0 Å². The van der Waals surface area contributed by atoms with E-state index in [4.69, 9.17) is 0 Å². The molecule has 1 aliphatic heterocycles. The minimum absolute atomic E-state index is 0.418. The molecule has 0 aliphatic carbocycles. The molecule has 3 rings (SSSR count). The van der Waals surface area contributed by atoms with Gasteiger partial charge in [-0.3, -0.25) is 9.59 Å². The Morgan fingerprint density at radius 3 is 2.25 bits per heavy atom. The first-order chi connectivity index (χ1) is 11.6. The fourth-order valence-electron chi connectivity index (χ4n) is 2.62. The molecule has 24 heavy (non-hydrogen) atoms. The van der Waals surface area contributed by atoms with Crippen LogP contribution in [-0.2, 0) is 9.59 Å². The molecule has 6 nitrogen and oxygen atoms in total. The first kappa shape index (κ1) is 15.7. The van der Waals surface area contributed by atoms with E-state index in [9.17, 15) is 14.4 Å². The lowest BCUT2D eigenvalue weighted by Gasteiger charge is -2.20. The number of carbonyl (C=O) groups excluding carboxylic acids is 3. The Morgan fingerprint density at radius 1 is 1.04 bits per heavy atom. The topological polar surface area (TPSA) is 78.5 Å². The van der Waals surface area contributed by atoms with Crippen LogP contribution in [-0.4, -0.2) is 28.8 Å². The van der Waals surface area contributed by atoms with E-state index in [1.807, 2.05) is 12.1 Å². The highest BCUT2D eigenvalue weighted by Gasteiger charge is 2.43. The molecule has 6 heteroatoms. The number of imide groups is 1. The summed E-state index contributed by atoms with van der Waals surface area (Å²) in [5.41, 5.74) is 1.30. The molecular formula is C18H17N3O3. The molecule has 0 bridgehead atoms. The van der Waals surface area contributed by atoms with Crippen LogP contribution < -0.4 is 10.6 Å². The number of rotatable bonds is 4. The highest BCUT2D eigenvalue weighted by atomic mass is 16.2. The number of hydrogen-bond donors (Lipinski definition) is 2. The van der Waals surface area contributed by atoms with Crippen LogP contribution in [0, 0.1) is 0 Å². The third-order valence-corrected chi connectivity index (χ3v) is 3.91. The van der Waals surface area contributed by atoms with Gasteiger partial charge in [0, 0.05) is 5.69 Å². The van der Waals surface area contributed by atoms with Crippen LogP contribution in [0.5, 0.6) is 0 Å². The van der Waals surface area contributed by atoms with Crippen LogP contribution in [0.15, 0.2) is 60.7 Å². The molecule has 1 saturated heterocycles. The Kier molecular flexibility index (Phi) is 4.29. The molecule has 0 saturated carbocycles. The number of urea groups is 1. The average Bonchev–Trinajstić information content (AvgIpc) is 2.90.